The number of methoxy groups -OCH3 is 1. The van der Waals surface area contributed by atoms with Gasteiger partial charge < -0.3 is 19.3 Å². The van der Waals surface area contributed by atoms with Crippen molar-refractivity contribution in [3.05, 3.63) is 83.4 Å². The number of carbonyl (C=O) groups is 2. The molecular weight excluding hydrogens is 428 g/mol. The predicted molar refractivity (Wildman–Crippen MR) is 136 cm³/mol. The highest BCUT2D eigenvalue weighted by Gasteiger charge is 2.17. The van der Waals surface area contributed by atoms with Crippen molar-refractivity contribution in [2.24, 2.45) is 0 Å². The number of benzene rings is 3. The molecule has 0 spiro atoms. The van der Waals surface area contributed by atoms with Gasteiger partial charge in [0.2, 0.25) is 0 Å². The van der Waals surface area contributed by atoms with Crippen molar-refractivity contribution in [3.63, 3.8) is 0 Å². The molecule has 6 nitrogen and oxygen atoms in total. The maximum absolute atomic E-state index is 13.3. The van der Waals surface area contributed by atoms with Crippen molar-refractivity contribution < 1.29 is 19.1 Å². The van der Waals surface area contributed by atoms with Gasteiger partial charge in [0.15, 0.2) is 0 Å². The molecule has 0 saturated heterocycles. The van der Waals surface area contributed by atoms with Crippen LogP contribution in [0, 0.1) is 0 Å². The first-order valence-electron chi connectivity index (χ1n) is 11.3. The molecule has 1 amide bonds. The van der Waals surface area contributed by atoms with Crippen LogP contribution in [0.15, 0.2) is 72.3 Å². The summed E-state index contributed by atoms with van der Waals surface area (Å²) >= 11 is 0. The fraction of sp³-hybridized carbons (Fsp3) is 0.286. The van der Waals surface area contributed by atoms with Crippen LogP contribution in [0.5, 0.6) is 5.75 Å². The summed E-state index contributed by atoms with van der Waals surface area (Å²) in [6.07, 6.45) is 2.69. The second-order valence-electron chi connectivity index (χ2n) is 8.43. The molecule has 0 bridgehead atoms. The van der Waals surface area contributed by atoms with E-state index in [2.05, 4.69) is 4.90 Å². The average molecular weight is 461 g/mol. The summed E-state index contributed by atoms with van der Waals surface area (Å²) in [4.78, 5) is 28.9. The summed E-state index contributed by atoms with van der Waals surface area (Å²) in [6.45, 7) is 1.67. The molecule has 0 atom stereocenters. The largest absolute Gasteiger partial charge is 0.488 e. The van der Waals surface area contributed by atoms with Crippen LogP contribution in [-0.2, 0) is 9.53 Å². The second kappa shape index (κ2) is 12.0. The molecule has 0 fully saturated rings. The molecule has 3 aromatic rings. The molecule has 0 aliphatic carbocycles. The van der Waals surface area contributed by atoms with Crippen molar-refractivity contribution >= 4 is 28.7 Å². The number of carbonyl (C=O) groups excluding carboxylic acids is 2. The van der Waals surface area contributed by atoms with E-state index in [0.29, 0.717) is 17.7 Å². The Labute approximate surface area is 201 Å². The van der Waals surface area contributed by atoms with E-state index < -0.39 is 5.97 Å². The van der Waals surface area contributed by atoms with Crippen LogP contribution in [-0.4, -0.2) is 69.6 Å². The Balaban J connectivity index is 1.84. The third-order valence-corrected chi connectivity index (χ3v) is 5.53. The van der Waals surface area contributed by atoms with Gasteiger partial charge in [0, 0.05) is 19.0 Å². The highest BCUT2D eigenvalue weighted by Crippen LogP contribution is 2.26. The maximum atomic E-state index is 13.3. The first-order chi connectivity index (χ1) is 16.4. The predicted octanol–water partition coefficient (Wildman–Crippen LogP) is 4.50. The summed E-state index contributed by atoms with van der Waals surface area (Å²) in [6, 6.07) is 20.9. The van der Waals surface area contributed by atoms with Gasteiger partial charge in [-0.3, -0.25) is 4.79 Å². The van der Waals surface area contributed by atoms with Gasteiger partial charge in [-0.1, -0.05) is 48.5 Å². The number of nitrogens with zero attached hydrogens (tertiary/aromatic N) is 2. The SMILES string of the molecule is COC(=O)c1ccc(C=C(COc2cccc3ccccc23)C(=O)N(C)CCCN(C)C)cc1. The normalized spacial score (nSPS) is 11.5. The highest BCUT2D eigenvalue weighted by molar-refractivity contribution is 5.98. The lowest BCUT2D eigenvalue weighted by Crippen LogP contribution is -2.32. The monoisotopic (exact) mass is 460 g/mol. The number of ether oxygens (including phenoxy) is 2. The van der Waals surface area contributed by atoms with Gasteiger partial charge in [-0.05, 0) is 62.3 Å². The zero-order chi connectivity index (χ0) is 24.5. The molecule has 0 unspecified atom stereocenters. The van der Waals surface area contributed by atoms with Crippen LogP contribution in [0.4, 0.5) is 0 Å². The lowest BCUT2D eigenvalue weighted by Gasteiger charge is -2.21. The smallest absolute Gasteiger partial charge is 0.337 e. The van der Waals surface area contributed by atoms with E-state index in [4.69, 9.17) is 9.47 Å². The van der Waals surface area contributed by atoms with Crippen LogP contribution < -0.4 is 4.74 Å². The number of likely N-dealkylation sites (N-methyl/N-ethyl adjacent to an activating group) is 1. The molecule has 0 heterocycles. The number of esters is 1. The number of fused-ring (bicyclic) bond motifs is 1. The summed E-state index contributed by atoms with van der Waals surface area (Å²) in [5.41, 5.74) is 1.80. The summed E-state index contributed by atoms with van der Waals surface area (Å²) in [5, 5.41) is 2.08. The van der Waals surface area contributed by atoms with Crippen LogP contribution >= 0.6 is 0 Å². The van der Waals surface area contributed by atoms with E-state index in [1.54, 1.807) is 29.2 Å². The van der Waals surface area contributed by atoms with E-state index in [1.807, 2.05) is 69.7 Å². The molecule has 178 valence electrons. The minimum atomic E-state index is -0.397. The van der Waals surface area contributed by atoms with Gasteiger partial charge in [-0.25, -0.2) is 4.79 Å². The first kappa shape index (κ1) is 25.0. The number of amides is 1. The Morgan fingerprint density at radius 1 is 0.882 bits per heavy atom. The molecule has 0 aliphatic heterocycles. The minimum Gasteiger partial charge on any atom is -0.488 e. The van der Waals surface area contributed by atoms with Crippen molar-refractivity contribution in [2.45, 2.75) is 6.42 Å². The molecule has 34 heavy (non-hydrogen) atoms. The average Bonchev–Trinajstić information content (AvgIpc) is 2.85. The van der Waals surface area contributed by atoms with Crippen molar-refractivity contribution in [1.82, 2.24) is 9.80 Å². The first-order valence-corrected chi connectivity index (χ1v) is 11.3. The molecule has 0 radical (unpaired) electrons. The van der Waals surface area contributed by atoms with Crippen molar-refractivity contribution in [2.75, 3.05) is 47.9 Å². The Kier molecular flexibility index (Phi) is 8.82. The van der Waals surface area contributed by atoms with E-state index in [0.717, 1.165) is 35.1 Å². The zero-order valence-electron chi connectivity index (χ0n) is 20.3. The second-order valence-corrected chi connectivity index (χ2v) is 8.43. The zero-order valence-corrected chi connectivity index (χ0v) is 20.3. The van der Waals surface area contributed by atoms with E-state index >= 15 is 0 Å². The number of hydrogen-bond acceptors (Lipinski definition) is 5. The highest BCUT2D eigenvalue weighted by atomic mass is 16.5. The van der Waals surface area contributed by atoms with Crippen LogP contribution in [0.1, 0.15) is 22.3 Å². The van der Waals surface area contributed by atoms with Gasteiger partial charge in [0.05, 0.1) is 18.2 Å². The number of hydrogen-bond donors (Lipinski definition) is 0. The third kappa shape index (κ3) is 6.68. The molecule has 3 rings (SSSR count). The molecule has 6 heteroatoms. The van der Waals surface area contributed by atoms with Gasteiger partial charge >= 0.3 is 5.97 Å². The Morgan fingerprint density at radius 2 is 1.59 bits per heavy atom. The van der Waals surface area contributed by atoms with Gasteiger partial charge in [0.25, 0.3) is 5.91 Å². The van der Waals surface area contributed by atoms with Crippen LogP contribution in [0.2, 0.25) is 0 Å². The van der Waals surface area contributed by atoms with Crippen molar-refractivity contribution in [3.8, 4) is 5.75 Å². The van der Waals surface area contributed by atoms with Crippen LogP contribution in [0.25, 0.3) is 16.8 Å². The fourth-order valence-corrected chi connectivity index (χ4v) is 3.65. The fourth-order valence-electron chi connectivity index (χ4n) is 3.65. The molecule has 0 saturated carbocycles. The van der Waals surface area contributed by atoms with E-state index in [-0.39, 0.29) is 12.5 Å². The Bertz CT molecular complexity index is 1150. The lowest BCUT2D eigenvalue weighted by atomic mass is 10.1. The van der Waals surface area contributed by atoms with Gasteiger partial charge in [-0.2, -0.15) is 0 Å². The van der Waals surface area contributed by atoms with E-state index in [1.165, 1.54) is 7.11 Å². The Hall–Kier alpha value is -3.64. The summed E-state index contributed by atoms with van der Waals surface area (Å²) in [7, 11) is 7.19. The molecule has 0 aromatic heterocycles. The topological polar surface area (TPSA) is 59.1 Å². The lowest BCUT2D eigenvalue weighted by molar-refractivity contribution is -0.126. The maximum Gasteiger partial charge on any atom is 0.337 e. The minimum absolute atomic E-state index is 0.0870. The summed E-state index contributed by atoms with van der Waals surface area (Å²) < 4.78 is 10.9. The third-order valence-electron chi connectivity index (χ3n) is 5.53. The number of rotatable bonds is 10. The molecule has 0 N–H and O–H groups in total. The quantitative estimate of drug-likeness (QED) is 0.329. The molecule has 0 aliphatic rings. The molecular formula is C28H32N2O4. The van der Waals surface area contributed by atoms with Crippen LogP contribution in [0.3, 0.4) is 0 Å². The Morgan fingerprint density at radius 3 is 2.29 bits per heavy atom. The molecule has 3 aromatic carbocycles. The standard InChI is InChI=1S/C28H32N2O4/c1-29(2)17-8-18-30(3)27(31)24(19-21-13-15-23(16-14-21)28(32)33-4)20-34-26-12-7-10-22-9-5-6-11-25(22)26/h5-7,9-16,19H,8,17-18,20H2,1-4H3. The van der Waals surface area contributed by atoms with Gasteiger partial charge in [0.1, 0.15) is 12.4 Å². The van der Waals surface area contributed by atoms with Crippen molar-refractivity contribution in [1.29, 1.82) is 0 Å². The van der Waals surface area contributed by atoms with E-state index in [9.17, 15) is 9.59 Å². The van der Waals surface area contributed by atoms with Gasteiger partial charge in [-0.15, -0.1) is 0 Å². The summed E-state index contributed by atoms with van der Waals surface area (Å²) in [5.74, 6) is 0.246.